The Labute approximate surface area is 120 Å². The molecule has 114 valence electrons. The van der Waals surface area contributed by atoms with Crippen molar-refractivity contribution in [3.05, 3.63) is 0 Å². The van der Waals surface area contributed by atoms with Crippen molar-refractivity contribution in [2.45, 2.75) is 63.5 Å². The zero-order valence-electron chi connectivity index (χ0n) is 11.7. The van der Waals surface area contributed by atoms with Crippen LogP contribution in [0.5, 0.6) is 0 Å². The van der Waals surface area contributed by atoms with Crippen LogP contribution in [0.4, 0.5) is 0 Å². The predicted molar refractivity (Wildman–Crippen MR) is 74.8 cm³/mol. The van der Waals surface area contributed by atoms with Crippen LogP contribution in [0.2, 0.25) is 0 Å². The summed E-state index contributed by atoms with van der Waals surface area (Å²) in [4.78, 5) is 11.5. The van der Waals surface area contributed by atoms with Crippen LogP contribution < -0.4 is 0 Å². The molecule has 2 aliphatic carbocycles. The van der Waals surface area contributed by atoms with Crippen molar-refractivity contribution in [2.24, 2.45) is 11.8 Å². The summed E-state index contributed by atoms with van der Waals surface area (Å²) in [6.07, 6.45) is 7.48. The maximum absolute atomic E-state index is 12.7. The van der Waals surface area contributed by atoms with Crippen molar-refractivity contribution in [3.63, 3.8) is 0 Å². The van der Waals surface area contributed by atoms with Gasteiger partial charge in [0.2, 0.25) is 10.0 Å². The Hall–Kier alpha value is -0.620. The second kappa shape index (κ2) is 5.30. The van der Waals surface area contributed by atoms with Crippen molar-refractivity contribution in [2.75, 3.05) is 5.75 Å². The van der Waals surface area contributed by atoms with Gasteiger partial charge in [0, 0.05) is 6.04 Å². The molecule has 3 rings (SSSR count). The molecule has 0 aromatic carbocycles. The van der Waals surface area contributed by atoms with Crippen molar-refractivity contribution in [3.8, 4) is 0 Å². The van der Waals surface area contributed by atoms with E-state index >= 15 is 0 Å². The van der Waals surface area contributed by atoms with Gasteiger partial charge in [-0.3, -0.25) is 4.79 Å². The maximum Gasteiger partial charge on any atom is 0.322 e. The minimum atomic E-state index is -3.43. The first-order valence-corrected chi connectivity index (χ1v) is 9.34. The molecular weight excluding hydrogens is 278 g/mol. The molecule has 0 bridgehead atoms. The quantitative estimate of drug-likeness (QED) is 0.859. The predicted octanol–water partition coefficient (Wildman–Crippen LogP) is 1.83. The Morgan fingerprint density at radius 3 is 2.40 bits per heavy atom. The first-order chi connectivity index (χ1) is 9.49. The molecule has 0 amide bonds. The van der Waals surface area contributed by atoms with Gasteiger partial charge in [-0.1, -0.05) is 19.3 Å². The van der Waals surface area contributed by atoms with E-state index in [4.69, 9.17) is 0 Å². The number of hydrogen-bond acceptors (Lipinski definition) is 3. The van der Waals surface area contributed by atoms with Gasteiger partial charge in [0.1, 0.15) is 6.04 Å². The number of carbonyl (C=O) groups is 1. The standard InChI is InChI=1S/C14H23NO4S/c16-14(17)13-8-11-6-1-2-7-12(11)15(13)20(18,19)9-10-4-3-5-10/h10-13H,1-9H2,(H,16,17). The van der Waals surface area contributed by atoms with Gasteiger partial charge in [-0.15, -0.1) is 0 Å². The molecule has 1 saturated heterocycles. The topological polar surface area (TPSA) is 74.7 Å². The van der Waals surface area contributed by atoms with Crippen LogP contribution in [-0.2, 0) is 14.8 Å². The van der Waals surface area contributed by atoms with Crippen molar-refractivity contribution in [1.82, 2.24) is 4.31 Å². The van der Waals surface area contributed by atoms with Gasteiger partial charge in [-0.2, -0.15) is 4.31 Å². The highest BCUT2D eigenvalue weighted by Crippen LogP contribution is 2.42. The van der Waals surface area contributed by atoms with Crippen molar-refractivity contribution < 1.29 is 18.3 Å². The normalized spacial score (nSPS) is 35.5. The van der Waals surface area contributed by atoms with Gasteiger partial charge in [-0.25, -0.2) is 8.42 Å². The number of carboxylic acids is 1. The van der Waals surface area contributed by atoms with Crippen molar-refractivity contribution >= 4 is 16.0 Å². The minimum absolute atomic E-state index is 0.0603. The van der Waals surface area contributed by atoms with Crippen LogP contribution in [0.25, 0.3) is 0 Å². The molecule has 2 saturated carbocycles. The summed E-state index contributed by atoms with van der Waals surface area (Å²) < 4.78 is 26.7. The lowest BCUT2D eigenvalue weighted by Gasteiger charge is -2.34. The van der Waals surface area contributed by atoms with E-state index in [-0.39, 0.29) is 23.6 Å². The van der Waals surface area contributed by atoms with E-state index in [1.165, 1.54) is 4.31 Å². The highest BCUT2D eigenvalue weighted by atomic mass is 32.2. The fraction of sp³-hybridized carbons (Fsp3) is 0.929. The molecule has 3 aliphatic rings. The zero-order valence-corrected chi connectivity index (χ0v) is 12.5. The van der Waals surface area contributed by atoms with E-state index in [0.717, 1.165) is 44.9 Å². The van der Waals surface area contributed by atoms with E-state index < -0.39 is 22.0 Å². The van der Waals surface area contributed by atoms with E-state index in [9.17, 15) is 18.3 Å². The van der Waals surface area contributed by atoms with Crippen LogP contribution >= 0.6 is 0 Å². The second-order valence-corrected chi connectivity index (χ2v) is 8.53. The molecule has 3 unspecified atom stereocenters. The van der Waals surface area contributed by atoms with Gasteiger partial charge in [-0.05, 0) is 43.9 Å². The Balaban J connectivity index is 1.84. The molecule has 1 N–H and O–H groups in total. The highest BCUT2D eigenvalue weighted by Gasteiger charge is 2.51. The lowest BCUT2D eigenvalue weighted by molar-refractivity contribution is -0.141. The van der Waals surface area contributed by atoms with Gasteiger partial charge in [0.05, 0.1) is 5.75 Å². The third-order valence-electron chi connectivity index (χ3n) is 5.31. The number of hydrogen-bond donors (Lipinski definition) is 1. The van der Waals surface area contributed by atoms with Gasteiger partial charge in [0.25, 0.3) is 0 Å². The average Bonchev–Trinajstić information content (AvgIpc) is 2.74. The SMILES string of the molecule is O=C(O)C1CC2CCCCC2N1S(=O)(=O)CC1CCC1. The fourth-order valence-electron chi connectivity index (χ4n) is 4.07. The van der Waals surface area contributed by atoms with Crippen LogP contribution in [0.1, 0.15) is 51.4 Å². The molecule has 6 heteroatoms. The summed E-state index contributed by atoms with van der Waals surface area (Å²) in [6, 6.07) is -0.886. The molecule has 5 nitrogen and oxygen atoms in total. The number of sulfonamides is 1. The summed E-state index contributed by atoms with van der Waals surface area (Å²) in [7, 11) is -3.43. The molecular formula is C14H23NO4S. The first-order valence-electron chi connectivity index (χ1n) is 7.73. The second-order valence-electron chi connectivity index (χ2n) is 6.61. The molecule has 3 atom stereocenters. The Bertz CT molecular complexity index is 485. The summed E-state index contributed by atoms with van der Waals surface area (Å²) >= 11 is 0. The number of carboxylic acid groups (broad SMARTS) is 1. The number of aliphatic carboxylic acids is 1. The Morgan fingerprint density at radius 1 is 1.10 bits per heavy atom. The molecule has 0 aromatic heterocycles. The van der Waals surface area contributed by atoms with Crippen LogP contribution in [0.3, 0.4) is 0 Å². The lowest BCUT2D eigenvalue weighted by Crippen LogP contribution is -2.48. The fourth-order valence-corrected chi connectivity index (χ4v) is 6.43. The number of rotatable bonds is 4. The molecule has 3 fully saturated rings. The zero-order chi connectivity index (χ0) is 14.3. The van der Waals surface area contributed by atoms with Crippen molar-refractivity contribution in [1.29, 1.82) is 0 Å². The summed E-state index contributed by atoms with van der Waals surface area (Å²) in [6.45, 7) is 0. The number of fused-ring (bicyclic) bond motifs is 1. The molecule has 0 aromatic rings. The summed E-state index contributed by atoms with van der Waals surface area (Å²) in [5.41, 5.74) is 0. The van der Waals surface area contributed by atoms with Gasteiger partial charge < -0.3 is 5.11 Å². The van der Waals surface area contributed by atoms with Crippen LogP contribution in [0.15, 0.2) is 0 Å². The van der Waals surface area contributed by atoms with Crippen LogP contribution in [-0.4, -0.2) is 41.6 Å². The average molecular weight is 301 g/mol. The number of nitrogens with zero attached hydrogens (tertiary/aromatic N) is 1. The Kier molecular flexibility index (Phi) is 3.79. The summed E-state index contributed by atoms with van der Waals surface area (Å²) in [5, 5.41) is 9.39. The third-order valence-corrected chi connectivity index (χ3v) is 7.37. The van der Waals surface area contributed by atoms with Crippen LogP contribution in [0, 0.1) is 11.8 Å². The molecule has 20 heavy (non-hydrogen) atoms. The largest absolute Gasteiger partial charge is 0.480 e. The third kappa shape index (κ3) is 2.48. The molecule has 0 radical (unpaired) electrons. The first kappa shape index (κ1) is 14.3. The highest BCUT2D eigenvalue weighted by molar-refractivity contribution is 7.89. The smallest absolute Gasteiger partial charge is 0.322 e. The van der Waals surface area contributed by atoms with Gasteiger partial charge in [0.15, 0.2) is 0 Å². The minimum Gasteiger partial charge on any atom is -0.480 e. The van der Waals surface area contributed by atoms with E-state index in [1.807, 2.05) is 0 Å². The van der Waals surface area contributed by atoms with Gasteiger partial charge >= 0.3 is 5.97 Å². The lowest BCUT2D eigenvalue weighted by atomic mass is 9.85. The molecule has 0 spiro atoms. The molecule has 1 heterocycles. The monoisotopic (exact) mass is 301 g/mol. The van der Waals surface area contributed by atoms with E-state index in [2.05, 4.69) is 0 Å². The maximum atomic E-state index is 12.7. The summed E-state index contributed by atoms with van der Waals surface area (Å²) in [5.74, 6) is -0.324. The van der Waals surface area contributed by atoms with E-state index in [0.29, 0.717) is 6.42 Å². The molecule has 1 aliphatic heterocycles. The van der Waals surface area contributed by atoms with E-state index in [1.54, 1.807) is 0 Å². The Morgan fingerprint density at radius 2 is 1.80 bits per heavy atom.